The van der Waals surface area contributed by atoms with Crippen LogP contribution >= 0.6 is 0 Å². The van der Waals surface area contributed by atoms with E-state index < -0.39 is 0 Å². The topological polar surface area (TPSA) is 124 Å². The van der Waals surface area contributed by atoms with Crippen molar-refractivity contribution >= 4 is 17.4 Å². The van der Waals surface area contributed by atoms with Gasteiger partial charge in [0, 0.05) is 49.0 Å². The van der Waals surface area contributed by atoms with Crippen LogP contribution in [0, 0.1) is 11.3 Å². The molecular formula is C34H33N9O. The number of carbonyl (C=O) groups is 1. The van der Waals surface area contributed by atoms with Gasteiger partial charge in [-0.25, -0.2) is 19.5 Å². The molecule has 10 heteroatoms. The normalized spacial score (nSPS) is 15.9. The van der Waals surface area contributed by atoms with Crippen molar-refractivity contribution < 1.29 is 4.79 Å². The van der Waals surface area contributed by atoms with Crippen LogP contribution in [0.15, 0.2) is 79.0 Å². The summed E-state index contributed by atoms with van der Waals surface area (Å²) in [5.74, 6) is 0.746. The predicted molar refractivity (Wildman–Crippen MR) is 168 cm³/mol. The van der Waals surface area contributed by atoms with E-state index in [0.29, 0.717) is 23.2 Å². The number of likely N-dealkylation sites (tertiary alicyclic amines) is 1. The number of aromatic nitrogens is 5. The number of nitriles is 1. The van der Waals surface area contributed by atoms with E-state index in [1.807, 2.05) is 36.4 Å². The van der Waals surface area contributed by atoms with Crippen LogP contribution < -0.4 is 10.6 Å². The zero-order valence-corrected chi connectivity index (χ0v) is 24.4. The Morgan fingerprint density at radius 1 is 0.886 bits per heavy atom. The first-order valence-corrected chi connectivity index (χ1v) is 15.2. The van der Waals surface area contributed by atoms with E-state index in [1.165, 1.54) is 5.56 Å². The number of amides is 1. The second kappa shape index (κ2) is 12.2. The minimum atomic E-state index is -0.141. The van der Waals surface area contributed by atoms with E-state index in [4.69, 9.17) is 15.3 Å². The molecule has 0 radical (unpaired) electrons. The molecule has 0 atom stereocenters. The van der Waals surface area contributed by atoms with Crippen LogP contribution in [-0.2, 0) is 6.54 Å². The van der Waals surface area contributed by atoms with Gasteiger partial charge in [-0.3, -0.25) is 9.69 Å². The van der Waals surface area contributed by atoms with Crippen molar-refractivity contribution in [1.29, 1.82) is 5.26 Å². The smallest absolute Gasteiger partial charge is 0.271 e. The zero-order chi connectivity index (χ0) is 29.9. The number of hydrogen-bond donors (Lipinski definition) is 2. The molecule has 1 saturated heterocycles. The summed E-state index contributed by atoms with van der Waals surface area (Å²) in [6.45, 7) is 2.82. The average molecular weight is 584 g/mol. The first kappa shape index (κ1) is 27.7. The second-order valence-electron chi connectivity index (χ2n) is 11.5. The Kier molecular flexibility index (Phi) is 7.69. The summed E-state index contributed by atoms with van der Waals surface area (Å²) in [4.78, 5) is 28.5. The summed E-state index contributed by atoms with van der Waals surface area (Å²) >= 11 is 0. The number of rotatable bonds is 8. The molecule has 1 aliphatic carbocycles. The molecule has 2 aromatic carbocycles. The van der Waals surface area contributed by atoms with Gasteiger partial charge < -0.3 is 10.6 Å². The van der Waals surface area contributed by atoms with Crippen molar-refractivity contribution in [3.05, 3.63) is 96.1 Å². The van der Waals surface area contributed by atoms with Crippen molar-refractivity contribution in [3.8, 4) is 28.6 Å². The molecule has 10 nitrogen and oxygen atoms in total. The van der Waals surface area contributed by atoms with Crippen LogP contribution in [0.4, 0.5) is 5.82 Å². The van der Waals surface area contributed by atoms with Crippen molar-refractivity contribution in [2.24, 2.45) is 0 Å². The molecule has 220 valence electrons. The average Bonchev–Trinajstić information content (AvgIpc) is 3.43. The number of fused-ring (bicyclic) bond motifs is 1. The van der Waals surface area contributed by atoms with Crippen molar-refractivity contribution in [3.63, 3.8) is 0 Å². The fourth-order valence-electron chi connectivity index (χ4n) is 5.89. The number of nitrogens with zero attached hydrogens (tertiary/aromatic N) is 7. The maximum Gasteiger partial charge on any atom is 0.271 e. The van der Waals surface area contributed by atoms with Crippen molar-refractivity contribution in [1.82, 2.24) is 34.8 Å². The van der Waals surface area contributed by atoms with Crippen LogP contribution in [-0.4, -0.2) is 60.5 Å². The van der Waals surface area contributed by atoms with Gasteiger partial charge in [-0.1, -0.05) is 54.6 Å². The highest BCUT2D eigenvalue weighted by atomic mass is 16.2. The summed E-state index contributed by atoms with van der Waals surface area (Å²) in [6, 6.07) is 26.7. The Bertz CT molecular complexity index is 1820. The fourth-order valence-corrected chi connectivity index (χ4v) is 5.89. The second-order valence-corrected chi connectivity index (χ2v) is 11.5. The number of benzene rings is 2. The highest BCUT2D eigenvalue weighted by Gasteiger charge is 2.23. The summed E-state index contributed by atoms with van der Waals surface area (Å²) in [5.41, 5.74) is 6.03. The van der Waals surface area contributed by atoms with Gasteiger partial charge in [0.25, 0.3) is 5.91 Å². The van der Waals surface area contributed by atoms with Gasteiger partial charge in [0.05, 0.1) is 5.69 Å². The molecule has 0 spiro atoms. The van der Waals surface area contributed by atoms with E-state index in [2.05, 4.69) is 61.9 Å². The lowest BCUT2D eigenvalue weighted by atomic mass is 9.93. The number of nitrogens with one attached hydrogen (secondary N) is 2. The SMILES string of the molecule is N#Cc1nccc(NC2CCN(Cc3ccc(-c4nc5ccc(C(=O)NC6CCC6)nn5c4-c4ccccc4)cc3)CC2)n1. The molecular weight excluding hydrogens is 550 g/mol. The Morgan fingerprint density at radius 3 is 2.41 bits per heavy atom. The molecule has 3 aromatic heterocycles. The number of hydrogen-bond acceptors (Lipinski definition) is 8. The molecule has 4 heterocycles. The van der Waals surface area contributed by atoms with Gasteiger partial charge >= 0.3 is 0 Å². The molecule has 0 unspecified atom stereocenters. The third kappa shape index (κ3) is 5.87. The largest absolute Gasteiger partial charge is 0.367 e. The van der Waals surface area contributed by atoms with E-state index in [0.717, 1.165) is 74.3 Å². The van der Waals surface area contributed by atoms with Crippen LogP contribution in [0.1, 0.15) is 54.0 Å². The number of piperidine rings is 1. The molecule has 44 heavy (non-hydrogen) atoms. The minimum Gasteiger partial charge on any atom is -0.367 e. The molecule has 2 fully saturated rings. The monoisotopic (exact) mass is 583 g/mol. The Morgan fingerprint density at radius 2 is 1.68 bits per heavy atom. The lowest BCUT2D eigenvalue weighted by Crippen LogP contribution is -2.39. The van der Waals surface area contributed by atoms with Gasteiger partial charge in [-0.15, -0.1) is 0 Å². The number of anilines is 1. The summed E-state index contributed by atoms with van der Waals surface area (Å²) < 4.78 is 1.80. The molecule has 2 aliphatic rings. The van der Waals surface area contributed by atoms with Crippen LogP contribution in [0.3, 0.4) is 0 Å². The summed E-state index contributed by atoms with van der Waals surface area (Å²) in [6.07, 6.45) is 6.83. The fraction of sp³-hybridized carbons (Fsp3) is 0.294. The van der Waals surface area contributed by atoms with Crippen LogP contribution in [0.2, 0.25) is 0 Å². The minimum absolute atomic E-state index is 0.141. The van der Waals surface area contributed by atoms with Crippen LogP contribution in [0.25, 0.3) is 28.2 Å². The van der Waals surface area contributed by atoms with E-state index in [-0.39, 0.29) is 17.8 Å². The Balaban J connectivity index is 1.07. The lowest BCUT2D eigenvalue weighted by molar-refractivity contribution is 0.0910. The molecule has 2 N–H and O–H groups in total. The van der Waals surface area contributed by atoms with Crippen molar-refractivity contribution in [2.45, 2.75) is 50.7 Å². The maximum absolute atomic E-state index is 12.9. The number of imidazole rings is 1. The van der Waals surface area contributed by atoms with Gasteiger partial charge in [-0.05, 0) is 55.9 Å². The molecule has 1 amide bonds. The van der Waals surface area contributed by atoms with Gasteiger partial charge in [0.15, 0.2) is 5.65 Å². The first-order valence-electron chi connectivity index (χ1n) is 15.2. The summed E-state index contributed by atoms with van der Waals surface area (Å²) in [5, 5.41) is 20.4. The molecule has 0 bridgehead atoms. The standard InChI is InChI=1S/C34H33N9O/c35-21-30-36-18-15-29(39-30)37-27-16-19-42(20-17-27)22-23-9-11-24(12-10-23)32-33(25-5-2-1-3-6-25)43-31(40-32)14-13-28(41-43)34(44)38-26-7-4-8-26/h1-3,5-6,9-15,18,26-27H,4,7-8,16-17,19-20,22H2,(H,38,44)(H,36,37,39). The van der Waals surface area contributed by atoms with Crippen LogP contribution in [0.5, 0.6) is 0 Å². The molecule has 5 aromatic rings. The quantitative estimate of drug-likeness (QED) is 0.259. The van der Waals surface area contributed by atoms with E-state index in [9.17, 15) is 4.79 Å². The lowest BCUT2D eigenvalue weighted by Gasteiger charge is -2.32. The number of carbonyl (C=O) groups excluding carboxylic acids is 1. The summed E-state index contributed by atoms with van der Waals surface area (Å²) in [7, 11) is 0. The third-order valence-corrected chi connectivity index (χ3v) is 8.53. The Hall–Kier alpha value is -5.14. The molecule has 1 aliphatic heterocycles. The maximum atomic E-state index is 12.9. The highest BCUT2D eigenvalue weighted by Crippen LogP contribution is 2.33. The van der Waals surface area contributed by atoms with E-state index >= 15 is 0 Å². The first-order chi connectivity index (χ1) is 21.6. The highest BCUT2D eigenvalue weighted by molar-refractivity contribution is 5.93. The van der Waals surface area contributed by atoms with E-state index in [1.54, 1.807) is 16.8 Å². The van der Waals surface area contributed by atoms with Gasteiger partial charge in [0.1, 0.15) is 23.3 Å². The zero-order valence-electron chi connectivity index (χ0n) is 24.4. The van der Waals surface area contributed by atoms with Crippen molar-refractivity contribution in [2.75, 3.05) is 18.4 Å². The Labute approximate surface area is 255 Å². The van der Waals surface area contributed by atoms with Gasteiger partial charge in [-0.2, -0.15) is 10.4 Å². The van der Waals surface area contributed by atoms with Gasteiger partial charge in [0.2, 0.25) is 5.82 Å². The molecule has 1 saturated carbocycles. The predicted octanol–water partition coefficient (Wildman–Crippen LogP) is 5.08. The molecule has 7 rings (SSSR count). The third-order valence-electron chi connectivity index (χ3n) is 8.53.